The summed E-state index contributed by atoms with van der Waals surface area (Å²) in [5, 5.41) is 20.0. The number of aliphatic carboxylic acids is 1. The average molecular weight is 616 g/mol. The van der Waals surface area contributed by atoms with Gasteiger partial charge in [0, 0.05) is 41.3 Å². The number of rotatable bonds is 14. The topological polar surface area (TPSA) is 140 Å². The number of aryl methyl sites for hydroxylation is 1. The number of carbonyl (C=O) groups is 2. The lowest BCUT2D eigenvalue weighted by Gasteiger charge is -2.14. The number of carboxylic acid groups (broad SMARTS) is 2. The van der Waals surface area contributed by atoms with Gasteiger partial charge in [0.1, 0.15) is 23.9 Å². The number of aromatic amines is 1. The lowest BCUT2D eigenvalue weighted by Crippen LogP contribution is -2.34. The highest BCUT2D eigenvalue weighted by molar-refractivity contribution is 5.94. The van der Waals surface area contributed by atoms with Crippen LogP contribution in [0.2, 0.25) is 0 Å². The van der Waals surface area contributed by atoms with Crippen molar-refractivity contribution in [3.8, 4) is 40.0 Å². The van der Waals surface area contributed by atoms with Crippen LogP contribution in [-0.2, 0) is 24.4 Å². The molecule has 234 valence electrons. The van der Waals surface area contributed by atoms with E-state index in [-0.39, 0.29) is 31.0 Å². The van der Waals surface area contributed by atoms with Crippen LogP contribution in [0, 0.1) is 0 Å². The monoisotopic (exact) mass is 615 g/mol. The minimum atomic E-state index is -1.09. The van der Waals surface area contributed by atoms with E-state index in [2.05, 4.69) is 11.9 Å². The highest BCUT2D eigenvalue weighted by Crippen LogP contribution is 2.39. The van der Waals surface area contributed by atoms with Crippen molar-refractivity contribution in [2.45, 2.75) is 39.3 Å². The number of unbranched alkanes of at least 4 members (excludes halogenated alkanes) is 1. The number of hydrogen-bond donors (Lipinski definition) is 3. The molecule has 0 fully saturated rings. The van der Waals surface area contributed by atoms with Crippen LogP contribution in [0.1, 0.15) is 46.9 Å². The van der Waals surface area contributed by atoms with E-state index in [1.165, 1.54) is 13.2 Å². The zero-order valence-corrected chi connectivity index (χ0v) is 25.3. The molecule has 2 heterocycles. The predicted molar refractivity (Wildman–Crippen MR) is 164 cm³/mol. The largest absolute Gasteiger partial charge is 0.497 e. The Labute approximate surface area is 260 Å². The van der Waals surface area contributed by atoms with Crippen LogP contribution >= 0.6 is 0 Å². The van der Waals surface area contributed by atoms with E-state index >= 15 is 0 Å². The maximum atomic E-state index is 12.6. The molecule has 0 aliphatic carbocycles. The summed E-state index contributed by atoms with van der Waals surface area (Å²) in [5.41, 5.74) is 3.36. The molecule has 0 unspecified atom stereocenters. The number of aromatic nitrogens is 2. The van der Waals surface area contributed by atoms with Gasteiger partial charge in [-0.3, -0.25) is 0 Å². The van der Waals surface area contributed by atoms with E-state index in [1.807, 2.05) is 17.0 Å². The van der Waals surface area contributed by atoms with Crippen LogP contribution in [0.25, 0.3) is 17.3 Å². The molecule has 0 saturated heterocycles. The van der Waals surface area contributed by atoms with Crippen molar-refractivity contribution in [3.63, 3.8) is 0 Å². The molecule has 1 aliphatic rings. The molecule has 45 heavy (non-hydrogen) atoms. The summed E-state index contributed by atoms with van der Waals surface area (Å²) in [7, 11) is 3.07. The third kappa shape index (κ3) is 6.87. The number of fused-ring (bicyclic) bond motifs is 1. The Hall–Kier alpha value is -5.45. The minimum Gasteiger partial charge on any atom is -0.497 e. The van der Waals surface area contributed by atoms with E-state index in [9.17, 15) is 19.8 Å². The molecule has 0 radical (unpaired) electrons. The number of aromatic carboxylic acids is 1. The van der Waals surface area contributed by atoms with Crippen molar-refractivity contribution in [2.24, 2.45) is 0 Å². The van der Waals surface area contributed by atoms with Gasteiger partial charge in [0.05, 0.1) is 31.9 Å². The van der Waals surface area contributed by atoms with Gasteiger partial charge in [-0.1, -0.05) is 31.5 Å². The second kappa shape index (κ2) is 13.9. The fraction of sp³-hybridized carbons (Fsp3) is 0.265. The molecule has 0 atom stereocenters. The number of ether oxygens (including phenoxy) is 5. The van der Waals surface area contributed by atoms with Crippen molar-refractivity contribution in [1.29, 1.82) is 0 Å². The molecule has 1 aliphatic heterocycles. The molecule has 5 rings (SSSR count). The first-order valence-corrected chi connectivity index (χ1v) is 14.5. The van der Waals surface area contributed by atoms with E-state index in [0.29, 0.717) is 63.4 Å². The van der Waals surface area contributed by atoms with Gasteiger partial charge >= 0.3 is 11.9 Å². The van der Waals surface area contributed by atoms with Crippen LogP contribution in [-0.4, -0.2) is 48.1 Å². The van der Waals surface area contributed by atoms with E-state index in [1.54, 1.807) is 55.7 Å². The number of methoxy groups -OCH3 is 2. The highest BCUT2D eigenvalue weighted by atomic mass is 16.7. The van der Waals surface area contributed by atoms with Gasteiger partial charge in [0.15, 0.2) is 22.9 Å². The van der Waals surface area contributed by atoms with Crippen molar-refractivity contribution in [2.75, 3.05) is 21.0 Å². The number of nitrogens with zero attached hydrogens (tertiary/aromatic N) is 1. The lowest BCUT2D eigenvalue weighted by molar-refractivity contribution is -0.685. The smallest absolute Gasteiger partial charge is 0.336 e. The van der Waals surface area contributed by atoms with Crippen LogP contribution in [0.4, 0.5) is 0 Å². The Morgan fingerprint density at radius 3 is 2.47 bits per heavy atom. The third-order valence-electron chi connectivity index (χ3n) is 7.50. The first kappa shape index (κ1) is 31.0. The molecule has 11 nitrogen and oxygen atoms in total. The summed E-state index contributed by atoms with van der Waals surface area (Å²) in [5.74, 6) is 0.417. The van der Waals surface area contributed by atoms with Gasteiger partial charge in [0.25, 0.3) is 0 Å². The van der Waals surface area contributed by atoms with Gasteiger partial charge < -0.3 is 33.9 Å². The molecule has 0 bridgehead atoms. The second-order valence-corrected chi connectivity index (χ2v) is 10.4. The molecular formula is C34H35N2O9+. The molecule has 0 saturated carbocycles. The summed E-state index contributed by atoms with van der Waals surface area (Å²) in [6.45, 7) is 2.84. The summed E-state index contributed by atoms with van der Waals surface area (Å²) in [4.78, 5) is 27.7. The van der Waals surface area contributed by atoms with Crippen LogP contribution in [0.5, 0.6) is 28.7 Å². The number of H-pyrrole nitrogens is 1. The minimum absolute atomic E-state index is 0.00250. The van der Waals surface area contributed by atoms with Crippen LogP contribution < -0.4 is 28.3 Å². The zero-order valence-electron chi connectivity index (χ0n) is 25.3. The fourth-order valence-electron chi connectivity index (χ4n) is 5.17. The second-order valence-electron chi connectivity index (χ2n) is 10.4. The zero-order chi connectivity index (χ0) is 31.9. The molecule has 0 spiro atoms. The number of imidazole rings is 1. The summed E-state index contributed by atoms with van der Waals surface area (Å²) >= 11 is 0. The molecular weight excluding hydrogens is 580 g/mol. The van der Waals surface area contributed by atoms with Crippen molar-refractivity contribution < 1.29 is 48.1 Å². The number of benzene rings is 3. The molecule has 0 amide bonds. The quantitative estimate of drug-likeness (QED) is 0.124. The molecule has 3 aromatic carbocycles. The lowest BCUT2D eigenvalue weighted by atomic mass is 10.0. The molecule has 11 heteroatoms. The highest BCUT2D eigenvalue weighted by Gasteiger charge is 2.26. The van der Waals surface area contributed by atoms with Crippen LogP contribution in [0.15, 0.2) is 66.5 Å². The summed E-state index contributed by atoms with van der Waals surface area (Å²) < 4.78 is 30.3. The maximum absolute atomic E-state index is 12.6. The standard InChI is InChI=1S/C34H34N2O9/c1-4-5-12-36-19-35-27(14-23(33(37)38)13-22-15-30-31(45-20-44-30)17-28(22)42-3)32(36)26-11-10-24(41-2)16-29(26)43-18-21-8-6-7-9-25(21)34(39)40/h6-11,14-17,19H,4-5,12-13,18,20H2,1-3H3,(H2,37,38,39,40)/p+1/b23-14+. The van der Waals surface area contributed by atoms with Crippen molar-refractivity contribution in [3.05, 3.63) is 88.9 Å². The molecule has 1 aromatic heterocycles. The number of hydrogen-bond acceptors (Lipinski definition) is 7. The first-order valence-electron chi connectivity index (χ1n) is 14.5. The number of nitrogens with one attached hydrogen (secondary N) is 1. The van der Waals surface area contributed by atoms with E-state index in [4.69, 9.17) is 23.7 Å². The van der Waals surface area contributed by atoms with Gasteiger partial charge in [-0.05, 0) is 30.7 Å². The Morgan fingerprint density at radius 1 is 0.978 bits per heavy atom. The van der Waals surface area contributed by atoms with Crippen LogP contribution in [0.3, 0.4) is 0 Å². The van der Waals surface area contributed by atoms with Gasteiger partial charge in [-0.15, -0.1) is 0 Å². The average Bonchev–Trinajstić information content (AvgIpc) is 3.68. The number of carboxylic acids is 2. The fourth-order valence-corrected chi connectivity index (χ4v) is 5.17. The summed E-state index contributed by atoms with van der Waals surface area (Å²) in [6.07, 6.45) is 5.31. The van der Waals surface area contributed by atoms with Crippen molar-refractivity contribution >= 4 is 18.0 Å². The Bertz CT molecular complexity index is 1740. The first-order chi connectivity index (χ1) is 21.8. The van der Waals surface area contributed by atoms with E-state index in [0.717, 1.165) is 12.8 Å². The predicted octanol–water partition coefficient (Wildman–Crippen LogP) is 5.50. The van der Waals surface area contributed by atoms with Gasteiger partial charge in [-0.25, -0.2) is 19.1 Å². The summed E-state index contributed by atoms with van der Waals surface area (Å²) in [6, 6.07) is 15.5. The molecule has 4 aromatic rings. The Kier molecular flexibility index (Phi) is 9.57. The third-order valence-corrected chi connectivity index (χ3v) is 7.50. The maximum Gasteiger partial charge on any atom is 0.336 e. The Morgan fingerprint density at radius 2 is 1.76 bits per heavy atom. The normalized spacial score (nSPS) is 12.2. The van der Waals surface area contributed by atoms with Crippen molar-refractivity contribution in [1.82, 2.24) is 4.98 Å². The van der Waals surface area contributed by atoms with Gasteiger partial charge in [-0.2, -0.15) is 0 Å². The Balaban J connectivity index is 1.58. The van der Waals surface area contributed by atoms with E-state index < -0.39 is 11.9 Å². The van der Waals surface area contributed by atoms with Gasteiger partial charge in [0.2, 0.25) is 13.1 Å². The SMILES string of the molecule is CCCC[n+]1c[nH]c(/C=C(\Cc2cc3c(cc2OC)OCO3)C(=O)O)c1-c1ccc(OC)cc1OCc1ccccc1C(=O)O. The molecule has 3 N–H and O–H groups in total.